The van der Waals surface area contributed by atoms with Crippen LogP contribution in [0.25, 0.3) is 0 Å². The summed E-state index contributed by atoms with van der Waals surface area (Å²) in [4.78, 5) is 26.5. The topological polar surface area (TPSA) is 72.8 Å². The van der Waals surface area contributed by atoms with Crippen molar-refractivity contribution < 1.29 is 24.2 Å². The van der Waals surface area contributed by atoms with Gasteiger partial charge in [-0.2, -0.15) is 0 Å². The van der Waals surface area contributed by atoms with Gasteiger partial charge < -0.3 is 14.6 Å². The lowest BCUT2D eigenvalue weighted by atomic mass is 9.43. The molecule has 5 rings (SSSR count). The predicted octanol–water partition coefficient (Wildman–Crippen LogP) is 5.71. The van der Waals surface area contributed by atoms with Crippen molar-refractivity contribution >= 4 is 11.8 Å². The molecule has 5 saturated carbocycles. The lowest BCUT2D eigenvalue weighted by Crippen LogP contribution is -2.61. The molecule has 0 spiro atoms. The average Bonchev–Trinajstić information content (AvgIpc) is 3.46. The second kappa shape index (κ2) is 9.74. The molecule has 0 aromatic heterocycles. The van der Waals surface area contributed by atoms with E-state index in [1.807, 2.05) is 7.11 Å². The summed E-state index contributed by atoms with van der Waals surface area (Å²) in [6.07, 6.45) is 12.3. The number of aliphatic hydroxyl groups excluding tert-OH is 1. The van der Waals surface area contributed by atoms with Crippen LogP contribution in [0, 0.1) is 46.3 Å². The maximum absolute atomic E-state index is 14.0. The molecule has 5 heteroatoms. The molecule has 0 unspecified atom stereocenters. The minimum Gasteiger partial charge on any atom is -0.462 e. The molecule has 198 valence electrons. The number of carbonyl (C=O) groups is 2. The Morgan fingerprint density at radius 3 is 2.54 bits per heavy atom. The summed E-state index contributed by atoms with van der Waals surface area (Å²) in [5.74, 6) is 2.65. The molecule has 5 aliphatic rings. The smallest absolute Gasteiger partial charge is 0.306 e. The summed E-state index contributed by atoms with van der Waals surface area (Å²) in [5, 5.41) is 10.4. The summed E-state index contributed by atoms with van der Waals surface area (Å²) in [6.45, 7) is 6.93. The van der Waals surface area contributed by atoms with Gasteiger partial charge in [-0.1, -0.05) is 20.8 Å². The van der Waals surface area contributed by atoms with Gasteiger partial charge in [0, 0.05) is 25.4 Å². The first-order chi connectivity index (χ1) is 16.7. The van der Waals surface area contributed by atoms with Gasteiger partial charge in [-0.25, -0.2) is 0 Å². The van der Waals surface area contributed by atoms with Crippen LogP contribution in [0.3, 0.4) is 0 Å². The molecule has 0 amide bonds. The van der Waals surface area contributed by atoms with E-state index in [9.17, 15) is 14.7 Å². The number of hydrogen-bond acceptors (Lipinski definition) is 5. The zero-order valence-corrected chi connectivity index (χ0v) is 22.5. The van der Waals surface area contributed by atoms with E-state index in [0.717, 1.165) is 57.8 Å². The number of hydrogen-bond donors (Lipinski definition) is 1. The number of carbonyl (C=O) groups excluding carboxylic acids is 2. The fourth-order valence-electron chi connectivity index (χ4n) is 9.88. The highest BCUT2D eigenvalue weighted by Crippen LogP contribution is 2.67. The van der Waals surface area contributed by atoms with Gasteiger partial charge in [-0.15, -0.1) is 0 Å². The number of esters is 1. The Hall–Kier alpha value is -0.940. The Morgan fingerprint density at radius 1 is 1.09 bits per heavy atom. The summed E-state index contributed by atoms with van der Waals surface area (Å²) in [7, 11) is 1.85. The lowest BCUT2D eigenvalue weighted by Gasteiger charge is -2.62. The molecule has 0 bridgehead atoms. The van der Waals surface area contributed by atoms with Crippen LogP contribution >= 0.6 is 0 Å². The molecule has 0 aromatic carbocycles. The molecule has 35 heavy (non-hydrogen) atoms. The molecule has 5 fully saturated rings. The minimum atomic E-state index is -0.315. The van der Waals surface area contributed by atoms with Crippen molar-refractivity contribution in [2.24, 2.45) is 46.3 Å². The largest absolute Gasteiger partial charge is 0.462 e. The molecule has 5 aliphatic carbocycles. The highest BCUT2D eigenvalue weighted by Gasteiger charge is 2.66. The van der Waals surface area contributed by atoms with E-state index in [0.29, 0.717) is 54.1 Å². The Kier molecular flexibility index (Phi) is 7.15. The number of ether oxygens (including phenoxy) is 2. The SMILES string of the molecule is CO[C@@H]1C[C@@H]2C[C@H](O)CC[C@]2(C)[C@H]2CC(=O)[C@]3(C)[C@@H]([C@H](C)CCC(=O)OC4CCCC4)CC[C@H]3[C@H]12. The molecule has 5 nitrogen and oxygen atoms in total. The number of aliphatic hydroxyl groups is 1. The number of Topliss-reactive ketones (excluding diaryl/α,β-unsaturated/α-hetero) is 1. The zero-order chi connectivity index (χ0) is 25.0. The second-order valence-corrected chi connectivity index (χ2v) is 13.4. The van der Waals surface area contributed by atoms with E-state index in [1.54, 1.807) is 0 Å². The summed E-state index contributed by atoms with van der Waals surface area (Å²) in [6, 6.07) is 0. The number of methoxy groups -OCH3 is 1. The standard InChI is InChI=1S/C30H48O5/c1-18(9-12-27(33)35-21-7-5-6-8-21)22-10-11-23-28-24(17-26(32)30(22,23)3)29(2)14-13-20(31)15-19(29)16-25(28)34-4/h18-25,28,31H,5-17H2,1-4H3/t18-,19+,20-,22-,23+,24+,25-,28+,29+,30-/m1/s1. The van der Waals surface area contributed by atoms with E-state index in [4.69, 9.17) is 9.47 Å². The van der Waals surface area contributed by atoms with Crippen molar-refractivity contribution in [1.29, 1.82) is 0 Å². The lowest BCUT2D eigenvalue weighted by molar-refractivity contribution is -0.186. The summed E-state index contributed by atoms with van der Waals surface area (Å²) in [5.41, 5.74) is -0.187. The maximum Gasteiger partial charge on any atom is 0.306 e. The van der Waals surface area contributed by atoms with Crippen LogP contribution in [-0.2, 0) is 19.1 Å². The van der Waals surface area contributed by atoms with E-state index in [2.05, 4.69) is 20.8 Å². The van der Waals surface area contributed by atoms with Gasteiger partial charge in [0.05, 0.1) is 12.2 Å². The fraction of sp³-hybridized carbons (Fsp3) is 0.933. The molecule has 1 N–H and O–H groups in total. The number of rotatable bonds is 6. The number of ketones is 1. The highest BCUT2D eigenvalue weighted by atomic mass is 16.5. The van der Waals surface area contributed by atoms with E-state index >= 15 is 0 Å². The van der Waals surface area contributed by atoms with Gasteiger partial charge in [0.1, 0.15) is 11.9 Å². The minimum absolute atomic E-state index is 0.0522. The van der Waals surface area contributed by atoms with Crippen molar-refractivity contribution in [3.8, 4) is 0 Å². The van der Waals surface area contributed by atoms with Crippen molar-refractivity contribution in [1.82, 2.24) is 0 Å². The van der Waals surface area contributed by atoms with Crippen molar-refractivity contribution in [2.45, 2.75) is 123 Å². The Bertz CT molecular complexity index is 805. The number of fused-ring (bicyclic) bond motifs is 5. The molecular weight excluding hydrogens is 440 g/mol. The Balaban J connectivity index is 1.31. The second-order valence-electron chi connectivity index (χ2n) is 13.4. The third-order valence-electron chi connectivity index (χ3n) is 12.0. The first-order valence-corrected chi connectivity index (χ1v) is 14.6. The Labute approximate surface area is 212 Å². The van der Waals surface area contributed by atoms with Crippen LogP contribution in [0.15, 0.2) is 0 Å². The fourth-order valence-corrected chi connectivity index (χ4v) is 9.88. The molecule has 10 atom stereocenters. The molecule has 0 aromatic rings. The molecular formula is C30H48O5. The Morgan fingerprint density at radius 2 is 1.83 bits per heavy atom. The highest BCUT2D eigenvalue weighted by molar-refractivity contribution is 5.87. The van der Waals surface area contributed by atoms with Crippen molar-refractivity contribution in [3.63, 3.8) is 0 Å². The van der Waals surface area contributed by atoms with Crippen LogP contribution in [0.2, 0.25) is 0 Å². The zero-order valence-electron chi connectivity index (χ0n) is 22.5. The van der Waals surface area contributed by atoms with Crippen LogP contribution in [-0.4, -0.2) is 42.3 Å². The van der Waals surface area contributed by atoms with E-state index in [-0.39, 0.29) is 35.1 Å². The molecule has 0 heterocycles. The van der Waals surface area contributed by atoms with Gasteiger partial charge in [0.25, 0.3) is 0 Å². The van der Waals surface area contributed by atoms with Crippen LogP contribution < -0.4 is 0 Å². The van der Waals surface area contributed by atoms with Crippen LogP contribution in [0.1, 0.15) is 104 Å². The third-order valence-corrected chi connectivity index (χ3v) is 12.0. The average molecular weight is 489 g/mol. The molecule has 0 aliphatic heterocycles. The first-order valence-electron chi connectivity index (χ1n) is 14.6. The van der Waals surface area contributed by atoms with E-state index in [1.165, 1.54) is 12.8 Å². The van der Waals surface area contributed by atoms with Gasteiger partial charge >= 0.3 is 5.97 Å². The maximum atomic E-state index is 14.0. The van der Waals surface area contributed by atoms with E-state index < -0.39 is 0 Å². The van der Waals surface area contributed by atoms with Gasteiger partial charge in [0.15, 0.2) is 0 Å². The van der Waals surface area contributed by atoms with Gasteiger partial charge in [0.2, 0.25) is 0 Å². The quantitative estimate of drug-likeness (QED) is 0.485. The first kappa shape index (κ1) is 25.7. The van der Waals surface area contributed by atoms with Crippen molar-refractivity contribution in [2.75, 3.05) is 7.11 Å². The summed E-state index contributed by atoms with van der Waals surface area (Å²) >= 11 is 0. The van der Waals surface area contributed by atoms with Gasteiger partial charge in [-0.3, -0.25) is 9.59 Å². The predicted molar refractivity (Wildman–Crippen MR) is 135 cm³/mol. The third kappa shape index (κ3) is 4.31. The molecule has 0 radical (unpaired) electrons. The molecule has 0 saturated heterocycles. The van der Waals surface area contributed by atoms with Crippen LogP contribution in [0.5, 0.6) is 0 Å². The van der Waals surface area contributed by atoms with Crippen LogP contribution in [0.4, 0.5) is 0 Å². The monoisotopic (exact) mass is 488 g/mol. The summed E-state index contributed by atoms with van der Waals surface area (Å²) < 4.78 is 11.9. The normalized spacial score (nSPS) is 46.5. The van der Waals surface area contributed by atoms with Crippen molar-refractivity contribution in [3.05, 3.63) is 0 Å². The van der Waals surface area contributed by atoms with Gasteiger partial charge in [-0.05, 0) is 112 Å².